The number of carboxylic acid groups (broad SMARTS) is 1. The molecule has 0 aliphatic carbocycles. The molecule has 4 heteroatoms. The van der Waals surface area contributed by atoms with E-state index >= 15 is 0 Å². The molecule has 0 aliphatic rings. The minimum atomic E-state index is -1.01. The molecule has 0 saturated carbocycles. The van der Waals surface area contributed by atoms with E-state index in [1.807, 2.05) is 34.9 Å². The van der Waals surface area contributed by atoms with Gasteiger partial charge in [0.15, 0.2) is 5.69 Å². The van der Waals surface area contributed by atoms with Gasteiger partial charge >= 0.3 is 5.97 Å². The predicted molar refractivity (Wildman–Crippen MR) is 82.5 cm³/mol. The zero-order valence-corrected chi connectivity index (χ0v) is 11.8. The van der Waals surface area contributed by atoms with Gasteiger partial charge in [-0.15, -0.1) is 13.2 Å². The van der Waals surface area contributed by atoms with Crippen molar-refractivity contribution in [1.29, 1.82) is 0 Å². The minimum Gasteiger partial charge on any atom is -0.476 e. The number of aromatic carboxylic acids is 1. The van der Waals surface area contributed by atoms with Gasteiger partial charge in [0.05, 0.1) is 5.69 Å². The van der Waals surface area contributed by atoms with Gasteiger partial charge in [0.1, 0.15) is 5.82 Å². The predicted octanol–water partition coefficient (Wildman–Crippen LogP) is 3.09. The Morgan fingerprint density at radius 3 is 2.43 bits per heavy atom. The molecule has 4 nitrogen and oxygen atoms in total. The fourth-order valence-corrected chi connectivity index (χ4v) is 2.29. The maximum absolute atomic E-state index is 11.4. The van der Waals surface area contributed by atoms with Gasteiger partial charge in [-0.2, -0.15) is 0 Å². The van der Waals surface area contributed by atoms with Crippen molar-refractivity contribution >= 4 is 5.97 Å². The van der Waals surface area contributed by atoms with Gasteiger partial charge in [0.2, 0.25) is 0 Å². The van der Waals surface area contributed by atoms with Crippen molar-refractivity contribution < 1.29 is 9.90 Å². The highest BCUT2D eigenvalue weighted by atomic mass is 16.4. The Kier molecular flexibility index (Phi) is 4.72. The highest BCUT2D eigenvalue weighted by molar-refractivity contribution is 5.87. The Hall–Kier alpha value is -2.62. The van der Waals surface area contributed by atoms with Crippen molar-refractivity contribution in [3.63, 3.8) is 0 Å². The standard InChI is InChI=1S/C17H18N2O2/c1-3-8-14-16(17(20)21)18-15(9-4-2)19(14)12-13-10-6-5-7-11-13/h3-7,10-11H,1-2,8-9,12H2,(H,20,21). The monoisotopic (exact) mass is 282 g/mol. The SMILES string of the molecule is C=CCc1nc(C(=O)O)c(CC=C)n1Cc1ccccc1. The van der Waals surface area contributed by atoms with Crippen LogP contribution in [0, 0.1) is 0 Å². The van der Waals surface area contributed by atoms with E-state index in [0.717, 1.165) is 5.56 Å². The van der Waals surface area contributed by atoms with E-state index in [9.17, 15) is 9.90 Å². The summed E-state index contributed by atoms with van der Waals surface area (Å²) in [6.07, 6.45) is 4.43. The molecule has 108 valence electrons. The molecule has 0 fully saturated rings. The highest BCUT2D eigenvalue weighted by Gasteiger charge is 2.20. The second-order valence-electron chi connectivity index (χ2n) is 4.69. The number of hydrogen-bond acceptors (Lipinski definition) is 2. The van der Waals surface area contributed by atoms with Crippen LogP contribution in [0.15, 0.2) is 55.6 Å². The first kappa shape index (κ1) is 14.8. The van der Waals surface area contributed by atoms with E-state index in [-0.39, 0.29) is 5.69 Å². The highest BCUT2D eigenvalue weighted by Crippen LogP contribution is 2.17. The second kappa shape index (κ2) is 6.70. The fraction of sp³-hybridized carbons (Fsp3) is 0.176. The van der Waals surface area contributed by atoms with Gasteiger partial charge in [0, 0.05) is 19.4 Å². The summed E-state index contributed by atoms with van der Waals surface area (Å²) < 4.78 is 1.95. The van der Waals surface area contributed by atoms with Gasteiger partial charge in [-0.05, 0) is 5.56 Å². The van der Waals surface area contributed by atoms with Crippen molar-refractivity contribution in [1.82, 2.24) is 9.55 Å². The third kappa shape index (κ3) is 3.28. The third-order valence-corrected chi connectivity index (χ3v) is 3.20. The van der Waals surface area contributed by atoms with Crippen LogP contribution in [-0.2, 0) is 19.4 Å². The van der Waals surface area contributed by atoms with Crippen LogP contribution in [0.1, 0.15) is 27.6 Å². The Bertz CT molecular complexity index is 657. The van der Waals surface area contributed by atoms with Crippen LogP contribution in [0.5, 0.6) is 0 Å². The van der Waals surface area contributed by atoms with E-state index in [1.165, 1.54) is 0 Å². The molecule has 0 amide bonds. The van der Waals surface area contributed by atoms with Crippen molar-refractivity contribution in [2.45, 2.75) is 19.4 Å². The molecule has 0 radical (unpaired) electrons. The third-order valence-electron chi connectivity index (χ3n) is 3.20. The summed E-state index contributed by atoms with van der Waals surface area (Å²) in [5.74, 6) is -0.299. The summed E-state index contributed by atoms with van der Waals surface area (Å²) in [5, 5.41) is 9.33. The molecular formula is C17H18N2O2. The molecule has 2 aromatic rings. The Labute approximate surface area is 124 Å². The summed E-state index contributed by atoms with van der Waals surface area (Å²) >= 11 is 0. The number of rotatable bonds is 7. The minimum absolute atomic E-state index is 0.0997. The summed E-state index contributed by atoms with van der Waals surface area (Å²) in [6.45, 7) is 8.01. The summed E-state index contributed by atoms with van der Waals surface area (Å²) in [7, 11) is 0. The fourth-order valence-electron chi connectivity index (χ4n) is 2.29. The first-order valence-corrected chi connectivity index (χ1v) is 6.74. The Morgan fingerprint density at radius 1 is 1.19 bits per heavy atom. The first-order valence-electron chi connectivity index (χ1n) is 6.74. The number of nitrogens with zero attached hydrogens (tertiary/aromatic N) is 2. The topological polar surface area (TPSA) is 55.1 Å². The molecule has 1 N–H and O–H groups in total. The molecule has 21 heavy (non-hydrogen) atoms. The van der Waals surface area contributed by atoms with Crippen molar-refractivity contribution in [3.05, 3.63) is 78.4 Å². The lowest BCUT2D eigenvalue weighted by Gasteiger charge is -2.11. The number of hydrogen-bond donors (Lipinski definition) is 1. The van der Waals surface area contributed by atoms with Crippen molar-refractivity contribution in [3.8, 4) is 0 Å². The van der Waals surface area contributed by atoms with E-state index in [0.29, 0.717) is 30.9 Å². The summed E-state index contributed by atoms with van der Waals surface area (Å²) in [6, 6.07) is 9.90. The lowest BCUT2D eigenvalue weighted by Crippen LogP contribution is -2.09. The quantitative estimate of drug-likeness (QED) is 0.794. The number of imidazole rings is 1. The Morgan fingerprint density at radius 2 is 1.86 bits per heavy atom. The van der Waals surface area contributed by atoms with Crippen LogP contribution in [-0.4, -0.2) is 20.6 Å². The summed E-state index contributed by atoms with van der Waals surface area (Å²) in [5.41, 5.74) is 1.88. The van der Waals surface area contributed by atoms with Crippen molar-refractivity contribution in [2.75, 3.05) is 0 Å². The number of aromatic nitrogens is 2. The van der Waals surface area contributed by atoms with Gasteiger partial charge in [0.25, 0.3) is 0 Å². The van der Waals surface area contributed by atoms with E-state index < -0.39 is 5.97 Å². The molecule has 0 spiro atoms. The van der Waals surface area contributed by atoms with Gasteiger partial charge in [-0.25, -0.2) is 9.78 Å². The van der Waals surface area contributed by atoms with E-state index in [2.05, 4.69) is 18.1 Å². The largest absolute Gasteiger partial charge is 0.476 e. The van der Waals surface area contributed by atoms with Gasteiger partial charge < -0.3 is 9.67 Å². The molecule has 2 rings (SSSR count). The van der Waals surface area contributed by atoms with Crippen molar-refractivity contribution in [2.24, 2.45) is 0 Å². The maximum Gasteiger partial charge on any atom is 0.356 e. The van der Waals surface area contributed by atoms with E-state index in [1.54, 1.807) is 12.2 Å². The number of carboxylic acids is 1. The summed E-state index contributed by atoms with van der Waals surface area (Å²) in [4.78, 5) is 15.6. The molecule has 1 aromatic heterocycles. The average molecular weight is 282 g/mol. The molecule has 0 bridgehead atoms. The zero-order chi connectivity index (χ0) is 15.2. The van der Waals surface area contributed by atoms with Gasteiger partial charge in [-0.1, -0.05) is 42.5 Å². The molecule has 0 aliphatic heterocycles. The van der Waals surface area contributed by atoms with Crippen LogP contribution in [0.2, 0.25) is 0 Å². The van der Waals surface area contributed by atoms with Crippen LogP contribution in [0.4, 0.5) is 0 Å². The second-order valence-corrected chi connectivity index (χ2v) is 4.69. The average Bonchev–Trinajstić information content (AvgIpc) is 2.80. The molecular weight excluding hydrogens is 264 g/mol. The number of carbonyl (C=O) groups is 1. The molecule has 1 aromatic carbocycles. The lowest BCUT2D eigenvalue weighted by molar-refractivity contribution is 0.0689. The molecule has 0 unspecified atom stereocenters. The normalized spacial score (nSPS) is 10.3. The number of allylic oxidation sites excluding steroid dienone is 2. The van der Waals surface area contributed by atoms with Crippen LogP contribution < -0.4 is 0 Å². The first-order chi connectivity index (χ1) is 10.2. The van der Waals surface area contributed by atoms with Crippen LogP contribution in [0.3, 0.4) is 0 Å². The molecule has 0 saturated heterocycles. The Balaban J connectivity index is 2.51. The number of benzene rings is 1. The zero-order valence-electron chi connectivity index (χ0n) is 11.8. The maximum atomic E-state index is 11.4. The van der Waals surface area contributed by atoms with E-state index in [4.69, 9.17) is 0 Å². The molecule has 0 atom stereocenters. The van der Waals surface area contributed by atoms with Crippen LogP contribution in [0.25, 0.3) is 0 Å². The molecule has 1 heterocycles. The lowest BCUT2D eigenvalue weighted by atomic mass is 10.2. The smallest absolute Gasteiger partial charge is 0.356 e. The van der Waals surface area contributed by atoms with Crippen LogP contribution >= 0.6 is 0 Å². The van der Waals surface area contributed by atoms with Gasteiger partial charge in [-0.3, -0.25) is 0 Å².